The van der Waals surface area contributed by atoms with Crippen LogP contribution in [0.2, 0.25) is 20.1 Å². The zero-order valence-electron chi connectivity index (χ0n) is 29.7. The minimum atomic E-state index is -4.58. The van der Waals surface area contributed by atoms with Crippen LogP contribution < -0.4 is 20.1 Å². The summed E-state index contributed by atoms with van der Waals surface area (Å²) in [6.07, 6.45) is 0.700. The third-order valence-corrected chi connectivity index (χ3v) is 15.0. The molecule has 0 unspecified atom stereocenters. The standard InChI is InChI=1S/C35H26Cl4N6O10S4/c36-16-2-4-22(20(38)12-16)44-30-18(6-10-54-24-14-26(56-32(24)30)58(48,49)50)28(42-44)34(46)40-8-1-9-41-35(47)29-19-7-11-55-25-15-27(59(51,52)53)57-33(25)31(19)45(43-29)23-5-3-17(37)13-21(23)39/h2-5,12-15H,1,6-11H2,(H,40,46)(H,41,47)(H,48,49,50)(H,51,52,53). The first-order valence-corrected chi connectivity index (χ1v) is 23.2. The Kier molecular flexibility index (Phi) is 11.3. The van der Waals surface area contributed by atoms with Crippen molar-refractivity contribution >= 4 is 101 Å². The molecule has 0 spiro atoms. The Labute approximate surface area is 363 Å². The summed E-state index contributed by atoms with van der Waals surface area (Å²) in [5, 5.41) is 16.0. The van der Waals surface area contributed by atoms with Crippen molar-refractivity contribution in [2.75, 3.05) is 26.3 Å². The number of aromatic nitrogens is 4. The van der Waals surface area contributed by atoms with Gasteiger partial charge < -0.3 is 20.1 Å². The summed E-state index contributed by atoms with van der Waals surface area (Å²) in [7, 11) is -9.17. The summed E-state index contributed by atoms with van der Waals surface area (Å²) in [6, 6.07) is 11.8. The van der Waals surface area contributed by atoms with Crippen molar-refractivity contribution in [2.45, 2.75) is 27.7 Å². The number of hydrogen-bond acceptors (Lipinski definition) is 12. The van der Waals surface area contributed by atoms with Crippen molar-refractivity contribution < 1.29 is 45.0 Å². The van der Waals surface area contributed by atoms with Gasteiger partial charge in [0.1, 0.15) is 11.5 Å². The number of amides is 2. The van der Waals surface area contributed by atoms with Crippen molar-refractivity contribution in [1.82, 2.24) is 30.2 Å². The molecule has 2 aliphatic heterocycles. The zero-order chi connectivity index (χ0) is 42.0. The minimum Gasteiger partial charge on any atom is -0.492 e. The van der Waals surface area contributed by atoms with Gasteiger partial charge in [-0.25, -0.2) is 9.36 Å². The van der Waals surface area contributed by atoms with E-state index >= 15 is 0 Å². The summed E-state index contributed by atoms with van der Waals surface area (Å²) in [5.41, 5.74) is 2.35. The van der Waals surface area contributed by atoms with Gasteiger partial charge in [-0.2, -0.15) is 27.0 Å². The predicted molar refractivity (Wildman–Crippen MR) is 221 cm³/mol. The fourth-order valence-corrected chi connectivity index (χ4v) is 11.2. The SMILES string of the molecule is O=C(NCCCNC(=O)c1nn(-c2ccc(Cl)cc2Cl)c2c1CCOc1cc(S(=O)(=O)O)sc1-2)c1nn(-c2ccc(Cl)cc2Cl)c2c1CCOc1cc(S(=O)(=O)O)sc1-2. The number of benzene rings is 2. The maximum atomic E-state index is 13.8. The number of thiophene rings is 2. The van der Waals surface area contributed by atoms with Crippen molar-refractivity contribution in [3.8, 4) is 44.0 Å². The molecule has 0 bridgehead atoms. The molecule has 0 radical (unpaired) electrons. The van der Waals surface area contributed by atoms with Crippen LogP contribution in [0, 0.1) is 0 Å². The van der Waals surface area contributed by atoms with Crippen LogP contribution in [0.4, 0.5) is 0 Å². The highest BCUT2D eigenvalue weighted by atomic mass is 35.5. The number of nitrogens with zero attached hydrogens (tertiary/aromatic N) is 4. The van der Waals surface area contributed by atoms with Gasteiger partial charge in [-0.3, -0.25) is 18.7 Å². The van der Waals surface area contributed by atoms with E-state index in [9.17, 15) is 35.5 Å². The number of ether oxygens (including phenoxy) is 2. The van der Waals surface area contributed by atoms with Crippen LogP contribution in [-0.4, -0.2) is 83.6 Å². The van der Waals surface area contributed by atoms with E-state index < -0.39 is 32.1 Å². The second kappa shape index (κ2) is 16.0. The van der Waals surface area contributed by atoms with E-state index in [1.807, 2.05) is 0 Å². The summed E-state index contributed by atoms with van der Waals surface area (Å²) in [6.45, 7) is 0.320. The normalized spacial score (nSPS) is 13.5. The molecule has 0 atom stereocenters. The van der Waals surface area contributed by atoms with Crippen LogP contribution >= 0.6 is 69.1 Å². The lowest BCUT2D eigenvalue weighted by Gasteiger charge is -2.09. The van der Waals surface area contributed by atoms with Crippen molar-refractivity contribution in [1.29, 1.82) is 0 Å². The molecule has 4 aromatic heterocycles. The van der Waals surface area contributed by atoms with E-state index in [0.717, 1.165) is 22.7 Å². The molecule has 308 valence electrons. The number of carbonyl (C=O) groups excluding carboxylic acids is 2. The van der Waals surface area contributed by atoms with Gasteiger partial charge in [-0.05, 0) is 42.8 Å². The predicted octanol–water partition coefficient (Wildman–Crippen LogP) is 7.04. The molecule has 4 N–H and O–H groups in total. The number of halogens is 4. The molecule has 59 heavy (non-hydrogen) atoms. The molecule has 0 saturated heterocycles. The molecule has 6 aromatic rings. The molecule has 0 fully saturated rings. The van der Waals surface area contributed by atoms with Crippen LogP contribution in [0.15, 0.2) is 56.9 Å². The van der Waals surface area contributed by atoms with Crippen molar-refractivity contribution in [3.63, 3.8) is 0 Å². The highest BCUT2D eigenvalue weighted by molar-refractivity contribution is 7.88. The van der Waals surface area contributed by atoms with Crippen LogP contribution in [0.25, 0.3) is 32.5 Å². The lowest BCUT2D eigenvalue weighted by Crippen LogP contribution is -2.31. The minimum absolute atomic E-state index is 0.0229. The maximum Gasteiger partial charge on any atom is 0.304 e. The average Bonchev–Trinajstić information content (AvgIpc) is 3.91. The van der Waals surface area contributed by atoms with E-state index in [1.54, 1.807) is 24.3 Å². The van der Waals surface area contributed by atoms with Gasteiger partial charge in [0.2, 0.25) is 0 Å². The van der Waals surface area contributed by atoms with Gasteiger partial charge in [-0.15, -0.1) is 22.7 Å². The molecular formula is C35H26Cl4N6O10S4. The molecule has 2 aliphatic rings. The second-order valence-electron chi connectivity index (χ2n) is 12.9. The van der Waals surface area contributed by atoms with Crippen LogP contribution in [0.5, 0.6) is 11.5 Å². The van der Waals surface area contributed by atoms with Gasteiger partial charge in [0.05, 0.1) is 55.8 Å². The van der Waals surface area contributed by atoms with E-state index in [4.69, 9.17) is 55.9 Å². The Morgan fingerprint density at radius 3 is 1.46 bits per heavy atom. The Balaban J connectivity index is 1.03. The van der Waals surface area contributed by atoms with Crippen molar-refractivity contribution in [3.05, 3.63) is 91.1 Å². The first-order chi connectivity index (χ1) is 28.0. The van der Waals surface area contributed by atoms with Gasteiger partial charge in [0, 0.05) is 59.2 Å². The number of hydrogen-bond donors (Lipinski definition) is 4. The molecule has 0 aliphatic carbocycles. The molecule has 2 amide bonds. The lowest BCUT2D eigenvalue weighted by molar-refractivity contribution is 0.0945. The lowest BCUT2D eigenvalue weighted by atomic mass is 10.1. The molecule has 8 rings (SSSR count). The summed E-state index contributed by atoms with van der Waals surface area (Å²) >= 11 is 26.9. The average molecular weight is 961 g/mol. The van der Waals surface area contributed by atoms with E-state index in [2.05, 4.69) is 20.8 Å². The first kappa shape index (κ1) is 41.5. The van der Waals surface area contributed by atoms with Crippen LogP contribution in [0.1, 0.15) is 38.5 Å². The molecule has 16 nitrogen and oxygen atoms in total. The monoisotopic (exact) mass is 958 g/mol. The Bertz CT molecular complexity index is 2750. The highest BCUT2D eigenvalue weighted by Gasteiger charge is 2.34. The van der Waals surface area contributed by atoms with Gasteiger partial charge in [0.15, 0.2) is 19.8 Å². The second-order valence-corrected chi connectivity index (χ2v) is 20.0. The highest BCUT2D eigenvalue weighted by Crippen LogP contribution is 2.47. The van der Waals surface area contributed by atoms with Gasteiger partial charge in [-0.1, -0.05) is 46.4 Å². The van der Waals surface area contributed by atoms with Gasteiger partial charge >= 0.3 is 20.2 Å². The fourth-order valence-electron chi connectivity index (χ4n) is 6.55. The van der Waals surface area contributed by atoms with Crippen LogP contribution in [-0.2, 0) is 33.1 Å². The Morgan fingerprint density at radius 1 is 0.678 bits per heavy atom. The summed E-state index contributed by atoms with van der Waals surface area (Å²) < 4.78 is 81.5. The Hall–Kier alpha value is -4.22. The molecular weight excluding hydrogens is 934 g/mol. The smallest absolute Gasteiger partial charge is 0.304 e. The molecule has 2 aromatic carbocycles. The molecule has 6 heterocycles. The van der Waals surface area contributed by atoms with Crippen LogP contribution in [0.3, 0.4) is 0 Å². The maximum absolute atomic E-state index is 13.8. The first-order valence-electron chi connectivity index (χ1n) is 17.2. The van der Waals surface area contributed by atoms with Gasteiger partial charge in [0.25, 0.3) is 11.8 Å². The number of nitrogens with one attached hydrogen (secondary N) is 2. The molecule has 24 heteroatoms. The number of fused-ring (bicyclic) bond motifs is 6. The largest absolute Gasteiger partial charge is 0.492 e. The Morgan fingerprint density at radius 2 is 1.08 bits per heavy atom. The number of carbonyl (C=O) groups is 2. The third-order valence-electron chi connectivity index (χ3n) is 9.11. The van der Waals surface area contributed by atoms with Crippen molar-refractivity contribution in [2.24, 2.45) is 0 Å². The molecule has 0 saturated carbocycles. The summed E-state index contributed by atoms with van der Waals surface area (Å²) in [5.74, 6) is -0.767. The summed E-state index contributed by atoms with van der Waals surface area (Å²) in [4.78, 5) is 28.1. The zero-order valence-corrected chi connectivity index (χ0v) is 36.0. The van der Waals surface area contributed by atoms with E-state index in [1.165, 1.54) is 33.6 Å². The quantitative estimate of drug-likeness (QED) is 0.0802. The van der Waals surface area contributed by atoms with E-state index in [-0.39, 0.29) is 86.9 Å². The third kappa shape index (κ3) is 8.06. The topological polar surface area (TPSA) is 221 Å². The van der Waals surface area contributed by atoms with E-state index in [0.29, 0.717) is 53.7 Å². The number of rotatable bonds is 10. The fraction of sp³-hybridized carbons (Fsp3) is 0.200.